The van der Waals surface area contributed by atoms with Crippen molar-refractivity contribution in [3.05, 3.63) is 29.4 Å². The topological polar surface area (TPSA) is 73.3 Å². The average Bonchev–Trinajstić information content (AvgIpc) is 2.59. The van der Waals surface area contributed by atoms with Gasteiger partial charge in [-0.05, 0) is 26.2 Å². The molecule has 1 aromatic rings. The molecule has 1 heterocycles. The quantitative estimate of drug-likeness (QED) is 0.615. The summed E-state index contributed by atoms with van der Waals surface area (Å²) in [4.78, 5) is 26.5. The summed E-state index contributed by atoms with van der Waals surface area (Å²) in [6.07, 6.45) is 5.48. The normalized spacial score (nSPS) is 20.3. The van der Waals surface area contributed by atoms with Gasteiger partial charge >= 0.3 is 0 Å². The first kappa shape index (κ1) is 17.4. The smallest absolute Gasteiger partial charge is 0.216 e. The van der Waals surface area contributed by atoms with Crippen molar-refractivity contribution in [1.29, 1.82) is 0 Å². The molecular weight excluding hydrogens is 294 g/mol. The highest BCUT2D eigenvalue weighted by Gasteiger charge is 2.29. The molecule has 1 unspecified atom stereocenters. The van der Waals surface area contributed by atoms with Gasteiger partial charge in [0.25, 0.3) is 0 Å². The number of Topliss-reactive ketones (excluding diaryl/α,β-unsaturated/α-hetero) is 1. The zero-order valence-electron chi connectivity index (χ0n) is 14.1. The summed E-state index contributed by atoms with van der Waals surface area (Å²) in [5.41, 5.74) is 4.73. The van der Waals surface area contributed by atoms with Gasteiger partial charge in [-0.1, -0.05) is 13.3 Å². The van der Waals surface area contributed by atoms with Gasteiger partial charge in [-0.25, -0.2) is 4.98 Å². The van der Waals surface area contributed by atoms with Crippen LogP contribution in [0.4, 0.5) is 0 Å². The molecule has 6 nitrogen and oxygen atoms in total. The van der Waals surface area contributed by atoms with Crippen molar-refractivity contribution >= 4 is 5.78 Å². The Morgan fingerprint density at radius 3 is 2.91 bits per heavy atom. The van der Waals surface area contributed by atoms with E-state index in [2.05, 4.69) is 22.4 Å². The fraction of sp³-hybridized carbons (Fsp3) is 0.588. The lowest BCUT2D eigenvalue weighted by Gasteiger charge is -2.24. The highest BCUT2D eigenvalue weighted by Crippen LogP contribution is 2.33. The number of rotatable bonds is 7. The van der Waals surface area contributed by atoms with Crippen molar-refractivity contribution in [3.8, 4) is 5.88 Å². The minimum Gasteiger partial charge on any atom is -0.481 e. The van der Waals surface area contributed by atoms with Gasteiger partial charge < -0.3 is 4.74 Å². The van der Waals surface area contributed by atoms with E-state index in [4.69, 9.17) is 9.57 Å². The number of hydrogen-bond donors (Lipinski definition) is 1. The first-order valence-corrected chi connectivity index (χ1v) is 8.19. The molecule has 0 spiro atoms. The molecule has 2 rings (SSSR count). The molecule has 126 valence electrons. The molecule has 0 amide bonds. The SMILES string of the molecule is CCC/C(NOCC)=C1/CCC(c2nccc(OC)n2)CC1=O. The molecule has 0 radical (unpaired) electrons. The number of nitrogens with zero attached hydrogens (tertiary/aromatic N) is 2. The van der Waals surface area contributed by atoms with Gasteiger partial charge in [-0.2, -0.15) is 4.98 Å². The number of methoxy groups -OCH3 is 1. The number of nitrogens with one attached hydrogen (secondary N) is 1. The highest BCUT2D eigenvalue weighted by atomic mass is 16.6. The van der Waals surface area contributed by atoms with Crippen molar-refractivity contribution in [2.45, 2.75) is 51.9 Å². The lowest BCUT2D eigenvalue weighted by Crippen LogP contribution is -2.24. The molecule has 1 aromatic heterocycles. The summed E-state index contributed by atoms with van der Waals surface area (Å²) >= 11 is 0. The van der Waals surface area contributed by atoms with Gasteiger partial charge in [0, 0.05) is 35.9 Å². The summed E-state index contributed by atoms with van der Waals surface area (Å²) in [6.45, 7) is 4.57. The van der Waals surface area contributed by atoms with E-state index in [0.717, 1.165) is 37.0 Å². The predicted molar refractivity (Wildman–Crippen MR) is 86.9 cm³/mol. The Balaban J connectivity index is 2.12. The maximum Gasteiger partial charge on any atom is 0.216 e. The van der Waals surface area contributed by atoms with Crippen LogP contribution in [0.2, 0.25) is 0 Å². The van der Waals surface area contributed by atoms with E-state index >= 15 is 0 Å². The summed E-state index contributed by atoms with van der Waals surface area (Å²) in [7, 11) is 1.58. The van der Waals surface area contributed by atoms with Crippen molar-refractivity contribution < 1.29 is 14.4 Å². The van der Waals surface area contributed by atoms with Crippen molar-refractivity contribution in [2.75, 3.05) is 13.7 Å². The number of ketones is 1. The van der Waals surface area contributed by atoms with E-state index in [1.807, 2.05) is 6.92 Å². The molecule has 1 N–H and O–H groups in total. The van der Waals surface area contributed by atoms with E-state index in [-0.39, 0.29) is 11.7 Å². The second-order valence-electron chi connectivity index (χ2n) is 5.56. The first-order chi connectivity index (χ1) is 11.2. The summed E-state index contributed by atoms with van der Waals surface area (Å²) in [5.74, 6) is 1.43. The molecule has 23 heavy (non-hydrogen) atoms. The highest BCUT2D eigenvalue weighted by molar-refractivity contribution is 5.97. The van der Waals surface area contributed by atoms with Crippen LogP contribution in [0.5, 0.6) is 5.88 Å². The van der Waals surface area contributed by atoms with E-state index in [0.29, 0.717) is 24.7 Å². The lowest BCUT2D eigenvalue weighted by molar-refractivity contribution is -0.117. The zero-order valence-corrected chi connectivity index (χ0v) is 14.1. The average molecular weight is 319 g/mol. The Labute approximate surface area is 137 Å². The second kappa shape index (κ2) is 8.62. The summed E-state index contributed by atoms with van der Waals surface area (Å²) in [5, 5.41) is 0. The molecule has 0 aromatic carbocycles. The molecule has 1 aliphatic rings. The molecule has 1 saturated carbocycles. The molecular formula is C17H25N3O3. The molecule has 0 saturated heterocycles. The van der Waals surface area contributed by atoms with Crippen LogP contribution in [-0.4, -0.2) is 29.5 Å². The third kappa shape index (κ3) is 4.51. The summed E-state index contributed by atoms with van der Waals surface area (Å²) < 4.78 is 5.14. The van der Waals surface area contributed by atoms with E-state index in [1.165, 1.54) is 0 Å². The molecule has 0 aliphatic heterocycles. The Morgan fingerprint density at radius 1 is 1.43 bits per heavy atom. The van der Waals surface area contributed by atoms with Crippen molar-refractivity contribution in [3.63, 3.8) is 0 Å². The number of ether oxygens (including phenoxy) is 1. The molecule has 1 atom stereocenters. The summed E-state index contributed by atoms with van der Waals surface area (Å²) in [6, 6.07) is 1.71. The number of carbonyl (C=O) groups excluding carboxylic acids is 1. The third-order valence-electron chi connectivity index (χ3n) is 3.94. The van der Waals surface area contributed by atoms with Crippen molar-refractivity contribution in [2.24, 2.45) is 0 Å². The molecule has 1 fully saturated rings. The maximum absolute atomic E-state index is 12.6. The van der Waals surface area contributed by atoms with E-state index in [9.17, 15) is 4.79 Å². The van der Waals surface area contributed by atoms with Crippen LogP contribution in [0.15, 0.2) is 23.5 Å². The van der Waals surface area contributed by atoms with Gasteiger partial charge in [-0.3, -0.25) is 15.1 Å². The van der Waals surface area contributed by atoms with Crippen LogP contribution in [-0.2, 0) is 9.63 Å². The van der Waals surface area contributed by atoms with E-state index in [1.54, 1.807) is 19.4 Å². The van der Waals surface area contributed by atoms with Gasteiger partial charge in [-0.15, -0.1) is 0 Å². The lowest BCUT2D eigenvalue weighted by atomic mass is 9.83. The van der Waals surface area contributed by atoms with Crippen LogP contribution in [0.25, 0.3) is 0 Å². The second-order valence-corrected chi connectivity index (χ2v) is 5.56. The number of hydroxylamine groups is 1. The monoisotopic (exact) mass is 319 g/mol. The van der Waals surface area contributed by atoms with E-state index < -0.39 is 0 Å². The Bertz CT molecular complexity index is 572. The minimum absolute atomic E-state index is 0.0521. The van der Waals surface area contributed by atoms with Crippen LogP contribution >= 0.6 is 0 Å². The van der Waals surface area contributed by atoms with Crippen molar-refractivity contribution in [1.82, 2.24) is 15.4 Å². The third-order valence-corrected chi connectivity index (χ3v) is 3.94. The number of hydrogen-bond acceptors (Lipinski definition) is 6. The van der Waals surface area contributed by atoms with Crippen LogP contribution < -0.4 is 10.2 Å². The Kier molecular flexibility index (Phi) is 6.52. The fourth-order valence-corrected chi connectivity index (χ4v) is 2.79. The predicted octanol–water partition coefficient (Wildman–Crippen LogP) is 2.92. The Morgan fingerprint density at radius 2 is 2.26 bits per heavy atom. The first-order valence-electron chi connectivity index (χ1n) is 8.19. The van der Waals surface area contributed by atoms with Crippen LogP contribution in [0.3, 0.4) is 0 Å². The Hall–Kier alpha value is -1.95. The van der Waals surface area contributed by atoms with Gasteiger partial charge in [0.15, 0.2) is 5.78 Å². The van der Waals surface area contributed by atoms with Crippen LogP contribution in [0, 0.1) is 0 Å². The number of allylic oxidation sites excluding steroid dienone is 2. The zero-order chi connectivity index (χ0) is 16.7. The minimum atomic E-state index is 0.0521. The molecule has 0 bridgehead atoms. The number of aromatic nitrogens is 2. The molecule has 1 aliphatic carbocycles. The van der Waals surface area contributed by atoms with Gasteiger partial charge in [0.2, 0.25) is 5.88 Å². The van der Waals surface area contributed by atoms with Crippen LogP contribution in [0.1, 0.15) is 57.7 Å². The molecule has 6 heteroatoms. The fourth-order valence-electron chi connectivity index (χ4n) is 2.79. The largest absolute Gasteiger partial charge is 0.481 e. The van der Waals surface area contributed by atoms with Gasteiger partial charge in [0.1, 0.15) is 5.82 Å². The number of carbonyl (C=O) groups is 1. The van der Waals surface area contributed by atoms with Gasteiger partial charge in [0.05, 0.1) is 13.7 Å². The standard InChI is InChI=1S/C17H25N3O3/c1-4-6-14(20-23-5-2)13-8-7-12(11-15(13)21)17-18-10-9-16(19-17)22-3/h9-10,12,20H,4-8,11H2,1-3H3/b14-13+. The maximum atomic E-state index is 12.6.